The number of rotatable bonds is 4. The summed E-state index contributed by atoms with van der Waals surface area (Å²) in [5.41, 5.74) is 1.55. The fourth-order valence-electron chi connectivity index (χ4n) is 2.97. The molecule has 6 nitrogen and oxygen atoms in total. The zero-order valence-electron chi connectivity index (χ0n) is 15.2. The quantitative estimate of drug-likeness (QED) is 0.714. The summed E-state index contributed by atoms with van der Waals surface area (Å²) in [4.78, 5) is 14.7. The van der Waals surface area contributed by atoms with E-state index in [0.29, 0.717) is 28.9 Å². The van der Waals surface area contributed by atoms with Crippen LogP contribution >= 0.6 is 15.9 Å². The van der Waals surface area contributed by atoms with Crippen LogP contribution < -0.4 is 4.74 Å². The molecule has 1 heterocycles. The van der Waals surface area contributed by atoms with Crippen molar-refractivity contribution in [3.63, 3.8) is 0 Å². The molecule has 8 heteroatoms. The van der Waals surface area contributed by atoms with Gasteiger partial charge in [-0.2, -0.15) is 4.31 Å². The van der Waals surface area contributed by atoms with E-state index in [-0.39, 0.29) is 23.9 Å². The molecule has 2 aromatic carbocycles. The molecule has 3 rings (SSSR count). The largest absolute Gasteiger partial charge is 0.496 e. The highest BCUT2D eigenvalue weighted by Gasteiger charge is 2.30. The van der Waals surface area contributed by atoms with Crippen molar-refractivity contribution in [3.8, 4) is 5.75 Å². The Morgan fingerprint density at radius 2 is 1.67 bits per heavy atom. The molecular formula is C19H21BrN2O4S. The van der Waals surface area contributed by atoms with Crippen molar-refractivity contribution in [1.29, 1.82) is 0 Å². The molecule has 0 N–H and O–H groups in total. The standard InChI is InChI=1S/C19H21BrN2O4S/c1-14-3-6-16(7-4-14)27(24,25)22-11-9-21(10-12-22)19(23)15-5-8-18(26-2)17(20)13-15/h3-8,13H,9-12H2,1-2H3. The monoisotopic (exact) mass is 452 g/mol. The van der Waals surface area contributed by atoms with E-state index in [9.17, 15) is 13.2 Å². The number of piperazine rings is 1. The maximum Gasteiger partial charge on any atom is 0.253 e. The van der Waals surface area contributed by atoms with Gasteiger partial charge < -0.3 is 9.64 Å². The zero-order valence-corrected chi connectivity index (χ0v) is 17.6. The molecule has 0 atom stereocenters. The molecule has 1 fully saturated rings. The first-order chi connectivity index (χ1) is 12.8. The van der Waals surface area contributed by atoms with E-state index in [2.05, 4.69) is 15.9 Å². The van der Waals surface area contributed by atoms with Gasteiger partial charge in [-0.3, -0.25) is 4.79 Å². The summed E-state index contributed by atoms with van der Waals surface area (Å²) < 4.78 is 32.8. The van der Waals surface area contributed by atoms with Crippen molar-refractivity contribution in [2.45, 2.75) is 11.8 Å². The van der Waals surface area contributed by atoms with E-state index in [1.807, 2.05) is 6.92 Å². The fourth-order valence-corrected chi connectivity index (χ4v) is 4.94. The average molecular weight is 453 g/mol. The molecule has 0 bridgehead atoms. The van der Waals surface area contributed by atoms with Gasteiger partial charge in [0.1, 0.15) is 5.75 Å². The number of carbonyl (C=O) groups excluding carboxylic acids is 1. The molecule has 0 saturated carbocycles. The fraction of sp³-hybridized carbons (Fsp3) is 0.316. The highest BCUT2D eigenvalue weighted by atomic mass is 79.9. The molecule has 1 saturated heterocycles. The zero-order chi connectivity index (χ0) is 19.6. The predicted octanol–water partition coefficient (Wildman–Crippen LogP) is 2.91. The minimum atomic E-state index is -3.54. The van der Waals surface area contributed by atoms with Crippen LogP contribution in [0.4, 0.5) is 0 Å². The van der Waals surface area contributed by atoms with Gasteiger partial charge in [-0.1, -0.05) is 17.7 Å². The van der Waals surface area contributed by atoms with Gasteiger partial charge in [-0.05, 0) is 53.2 Å². The van der Waals surface area contributed by atoms with Gasteiger partial charge in [-0.25, -0.2) is 8.42 Å². The van der Waals surface area contributed by atoms with Gasteiger partial charge in [0.2, 0.25) is 10.0 Å². The molecule has 27 heavy (non-hydrogen) atoms. The van der Waals surface area contributed by atoms with E-state index < -0.39 is 10.0 Å². The Morgan fingerprint density at radius 3 is 2.22 bits per heavy atom. The Kier molecular flexibility index (Phi) is 5.88. The van der Waals surface area contributed by atoms with Gasteiger partial charge in [-0.15, -0.1) is 0 Å². The summed E-state index contributed by atoms with van der Waals surface area (Å²) in [6.45, 7) is 3.18. The van der Waals surface area contributed by atoms with Crippen LogP contribution in [0.5, 0.6) is 5.75 Å². The molecule has 1 aliphatic heterocycles. The smallest absolute Gasteiger partial charge is 0.253 e. The third-order valence-corrected chi connectivity index (χ3v) is 7.12. The first-order valence-electron chi connectivity index (χ1n) is 8.52. The van der Waals surface area contributed by atoms with Crippen LogP contribution in [0.3, 0.4) is 0 Å². The number of halogens is 1. The van der Waals surface area contributed by atoms with Crippen LogP contribution in [-0.2, 0) is 10.0 Å². The van der Waals surface area contributed by atoms with Crippen LogP contribution in [0.1, 0.15) is 15.9 Å². The lowest BCUT2D eigenvalue weighted by Crippen LogP contribution is -2.50. The van der Waals surface area contributed by atoms with E-state index in [4.69, 9.17) is 4.74 Å². The number of hydrogen-bond donors (Lipinski definition) is 0. The van der Waals surface area contributed by atoms with E-state index in [1.54, 1.807) is 54.5 Å². The van der Waals surface area contributed by atoms with Gasteiger partial charge in [0, 0.05) is 31.7 Å². The summed E-state index contributed by atoms with van der Waals surface area (Å²) in [7, 11) is -1.97. The molecule has 0 radical (unpaired) electrons. The molecule has 1 amide bonds. The lowest BCUT2D eigenvalue weighted by molar-refractivity contribution is 0.0698. The van der Waals surface area contributed by atoms with Crippen molar-refractivity contribution in [2.75, 3.05) is 33.3 Å². The van der Waals surface area contributed by atoms with Gasteiger partial charge >= 0.3 is 0 Å². The molecule has 0 unspecified atom stereocenters. The summed E-state index contributed by atoms with van der Waals surface area (Å²) in [6, 6.07) is 12.0. The molecule has 1 aliphatic rings. The molecule has 0 spiro atoms. The molecule has 144 valence electrons. The number of ether oxygens (including phenoxy) is 1. The minimum Gasteiger partial charge on any atom is -0.496 e. The van der Waals surface area contributed by atoms with Crippen LogP contribution in [0, 0.1) is 6.92 Å². The second kappa shape index (κ2) is 8.00. The number of nitrogens with zero attached hydrogens (tertiary/aromatic N) is 2. The van der Waals surface area contributed by atoms with Crippen molar-refractivity contribution in [1.82, 2.24) is 9.21 Å². The number of methoxy groups -OCH3 is 1. The maximum absolute atomic E-state index is 12.8. The molecule has 0 aromatic heterocycles. The summed E-state index contributed by atoms with van der Waals surface area (Å²) >= 11 is 3.38. The molecular weight excluding hydrogens is 432 g/mol. The van der Waals surface area contributed by atoms with E-state index in [1.165, 1.54) is 4.31 Å². The van der Waals surface area contributed by atoms with Crippen molar-refractivity contribution in [2.24, 2.45) is 0 Å². The molecule has 2 aromatic rings. The van der Waals surface area contributed by atoms with Crippen molar-refractivity contribution >= 4 is 31.9 Å². The van der Waals surface area contributed by atoms with Gasteiger partial charge in [0.05, 0.1) is 16.5 Å². The number of aryl methyl sites for hydroxylation is 1. The second-order valence-corrected chi connectivity index (χ2v) is 9.15. The first kappa shape index (κ1) is 19.9. The third-order valence-electron chi connectivity index (χ3n) is 4.58. The number of amides is 1. The van der Waals surface area contributed by atoms with E-state index >= 15 is 0 Å². The lowest BCUT2D eigenvalue weighted by Gasteiger charge is -2.34. The number of carbonyl (C=O) groups is 1. The first-order valence-corrected chi connectivity index (χ1v) is 10.8. The highest BCUT2D eigenvalue weighted by molar-refractivity contribution is 9.10. The van der Waals surface area contributed by atoms with Crippen LogP contribution in [0.25, 0.3) is 0 Å². The second-order valence-electron chi connectivity index (χ2n) is 6.36. The SMILES string of the molecule is COc1ccc(C(=O)N2CCN(S(=O)(=O)c3ccc(C)cc3)CC2)cc1Br. The van der Waals surface area contributed by atoms with Crippen LogP contribution in [0.15, 0.2) is 51.8 Å². The maximum atomic E-state index is 12.8. The Bertz CT molecular complexity index is 937. The van der Waals surface area contributed by atoms with E-state index in [0.717, 1.165) is 5.56 Å². The number of hydrogen-bond acceptors (Lipinski definition) is 4. The minimum absolute atomic E-state index is 0.120. The molecule has 0 aliphatic carbocycles. The van der Waals surface area contributed by atoms with Gasteiger partial charge in [0.15, 0.2) is 0 Å². The Labute approximate surface area is 167 Å². The van der Waals surface area contributed by atoms with Crippen LogP contribution in [-0.4, -0.2) is 56.8 Å². The lowest BCUT2D eigenvalue weighted by atomic mass is 10.2. The van der Waals surface area contributed by atoms with Crippen molar-refractivity contribution < 1.29 is 17.9 Å². The Balaban J connectivity index is 1.68. The average Bonchev–Trinajstić information content (AvgIpc) is 2.68. The summed E-state index contributed by atoms with van der Waals surface area (Å²) in [5, 5.41) is 0. The summed E-state index contributed by atoms with van der Waals surface area (Å²) in [6.07, 6.45) is 0. The Hall–Kier alpha value is -1.90. The predicted molar refractivity (Wildman–Crippen MR) is 107 cm³/mol. The number of sulfonamides is 1. The normalized spacial score (nSPS) is 15.6. The topological polar surface area (TPSA) is 66.9 Å². The van der Waals surface area contributed by atoms with Crippen molar-refractivity contribution in [3.05, 3.63) is 58.1 Å². The van der Waals surface area contributed by atoms with Gasteiger partial charge in [0.25, 0.3) is 5.91 Å². The van der Waals surface area contributed by atoms with Crippen LogP contribution in [0.2, 0.25) is 0 Å². The Morgan fingerprint density at radius 1 is 1.04 bits per heavy atom. The summed E-state index contributed by atoms with van der Waals surface area (Å²) in [5.74, 6) is 0.534. The third kappa shape index (κ3) is 4.17. The highest BCUT2D eigenvalue weighted by Crippen LogP contribution is 2.26. The number of benzene rings is 2.